The lowest BCUT2D eigenvalue weighted by Gasteiger charge is -2.30. The summed E-state index contributed by atoms with van der Waals surface area (Å²) in [4.78, 5) is 28.0. The van der Waals surface area contributed by atoms with Gasteiger partial charge >= 0.3 is 0 Å². The van der Waals surface area contributed by atoms with Gasteiger partial charge in [-0.1, -0.05) is 12.2 Å². The molecule has 2 aliphatic heterocycles. The van der Waals surface area contributed by atoms with Crippen LogP contribution in [0.25, 0.3) is 0 Å². The molecule has 0 radical (unpaired) electrons. The minimum absolute atomic E-state index is 0.176. The summed E-state index contributed by atoms with van der Waals surface area (Å²) < 4.78 is 11.2. The Morgan fingerprint density at radius 1 is 0.933 bits per heavy atom. The second-order valence-corrected chi connectivity index (χ2v) is 8.55. The van der Waals surface area contributed by atoms with E-state index in [4.69, 9.17) is 9.47 Å². The number of hydrogen-bond donors (Lipinski definition) is 0. The second-order valence-electron chi connectivity index (χ2n) is 8.55. The highest BCUT2D eigenvalue weighted by Crippen LogP contribution is 2.52. The number of fused-ring (bicyclic) bond motifs is 5. The first-order valence-electron chi connectivity index (χ1n) is 10.7. The molecule has 0 N–H and O–H groups in total. The summed E-state index contributed by atoms with van der Waals surface area (Å²) in [5, 5.41) is 5.35. The van der Waals surface area contributed by atoms with Gasteiger partial charge in [-0.05, 0) is 43.6 Å². The molecule has 4 aliphatic rings. The molecule has 1 aromatic carbocycles. The zero-order chi connectivity index (χ0) is 20.8. The summed E-state index contributed by atoms with van der Waals surface area (Å²) >= 11 is 0. The van der Waals surface area contributed by atoms with Gasteiger partial charge in [0.2, 0.25) is 0 Å². The Hall–Kier alpha value is -2.83. The van der Waals surface area contributed by atoms with Crippen molar-refractivity contribution in [3.63, 3.8) is 0 Å². The zero-order valence-electron chi connectivity index (χ0n) is 17.4. The van der Waals surface area contributed by atoms with Crippen LogP contribution < -0.4 is 14.4 Å². The Labute approximate surface area is 176 Å². The van der Waals surface area contributed by atoms with Crippen LogP contribution in [0.1, 0.15) is 31.2 Å². The predicted molar refractivity (Wildman–Crippen MR) is 113 cm³/mol. The topological polar surface area (TPSA) is 71.4 Å². The summed E-state index contributed by atoms with van der Waals surface area (Å²) in [6, 6.07) is 3.82. The van der Waals surface area contributed by atoms with Crippen molar-refractivity contribution in [3.8, 4) is 11.5 Å². The van der Waals surface area contributed by atoms with Gasteiger partial charge in [0.15, 0.2) is 0 Å². The van der Waals surface area contributed by atoms with Crippen molar-refractivity contribution in [1.29, 1.82) is 0 Å². The van der Waals surface area contributed by atoms with E-state index in [1.165, 1.54) is 12.6 Å². The number of nitrogens with zero attached hydrogens (tertiary/aromatic N) is 3. The molecule has 0 unspecified atom stereocenters. The fraction of sp³-hybridized carbons (Fsp3) is 0.522. The fourth-order valence-corrected chi connectivity index (χ4v) is 5.51. The molecule has 30 heavy (non-hydrogen) atoms. The molecule has 2 bridgehead atoms. The van der Waals surface area contributed by atoms with Crippen LogP contribution in [-0.2, 0) is 9.59 Å². The van der Waals surface area contributed by atoms with Crippen molar-refractivity contribution in [2.45, 2.75) is 25.7 Å². The smallest absolute Gasteiger partial charge is 0.254 e. The molecule has 1 aromatic rings. The van der Waals surface area contributed by atoms with E-state index in [9.17, 15) is 9.59 Å². The molecule has 158 valence electrons. The standard InChI is InChI=1S/C23H27N3O4/c1-29-18-12-17(25-8-4-3-5-9-25)19(30-2)11-16(18)13-24-26-22(27)20-14-6-7-15(10-14)21(20)23(26)28/h6-7,11-15,20-21H,3-5,8-10H2,1-2H3/t14-,15-,20-,21+/m0/s1. The number of hydrogen-bond acceptors (Lipinski definition) is 6. The van der Waals surface area contributed by atoms with Crippen molar-refractivity contribution in [2.75, 3.05) is 32.2 Å². The van der Waals surface area contributed by atoms with Crippen LogP contribution in [0.15, 0.2) is 29.4 Å². The maximum Gasteiger partial charge on any atom is 0.254 e. The SMILES string of the molecule is COc1cc(N2CCCCC2)c(OC)cc1C=NN1C(=O)[C@@H]2[C@H](C1=O)[C@H]1C=C[C@H]2C1. The average Bonchev–Trinajstić information content (AvgIpc) is 3.46. The molecule has 5 rings (SSSR count). The fourth-order valence-electron chi connectivity index (χ4n) is 5.51. The molecule has 0 aromatic heterocycles. The Kier molecular flexibility index (Phi) is 4.76. The summed E-state index contributed by atoms with van der Waals surface area (Å²) in [6.07, 6.45) is 10.2. The Balaban J connectivity index is 1.42. The number of allylic oxidation sites excluding steroid dienone is 2. The number of carbonyl (C=O) groups excluding carboxylic acids is 2. The number of benzene rings is 1. The zero-order valence-corrected chi connectivity index (χ0v) is 17.4. The van der Waals surface area contributed by atoms with Crippen molar-refractivity contribution >= 4 is 23.7 Å². The van der Waals surface area contributed by atoms with Gasteiger partial charge in [-0.25, -0.2) is 0 Å². The summed E-state index contributed by atoms with van der Waals surface area (Å²) in [7, 11) is 3.26. The predicted octanol–water partition coefficient (Wildman–Crippen LogP) is 2.84. The maximum absolute atomic E-state index is 12.8. The molecule has 2 amide bonds. The van der Waals surface area contributed by atoms with Crippen LogP contribution in [0.5, 0.6) is 11.5 Å². The van der Waals surface area contributed by atoms with Gasteiger partial charge in [0.1, 0.15) is 11.5 Å². The lowest BCUT2D eigenvalue weighted by molar-refractivity contribution is -0.140. The third-order valence-corrected chi connectivity index (χ3v) is 6.99. The van der Waals surface area contributed by atoms with Gasteiger partial charge in [0.25, 0.3) is 11.8 Å². The van der Waals surface area contributed by atoms with Crippen LogP contribution in [0.2, 0.25) is 0 Å². The van der Waals surface area contributed by atoms with Gasteiger partial charge in [0.05, 0.1) is 38.0 Å². The number of imide groups is 1. The number of rotatable bonds is 5. The molecule has 4 atom stereocenters. The molecule has 1 saturated carbocycles. The van der Waals surface area contributed by atoms with E-state index in [2.05, 4.69) is 22.2 Å². The van der Waals surface area contributed by atoms with E-state index in [1.807, 2.05) is 12.1 Å². The molecule has 2 aliphatic carbocycles. The van der Waals surface area contributed by atoms with Crippen LogP contribution in [0.3, 0.4) is 0 Å². The molecule has 2 saturated heterocycles. The first-order chi connectivity index (χ1) is 14.6. The summed E-state index contributed by atoms with van der Waals surface area (Å²) in [6.45, 7) is 1.98. The lowest BCUT2D eigenvalue weighted by Crippen LogP contribution is -2.29. The number of amides is 2. The monoisotopic (exact) mass is 409 g/mol. The largest absolute Gasteiger partial charge is 0.496 e. The van der Waals surface area contributed by atoms with Gasteiger partial charge in [-0.3, -0.25) is 9.59 Å². The molecule has 3 fully saturated rings. The second kappa shape index (κ2) is 7.45. The first-order valence-corrected chi connectivity index (χ1v) is 10.7. The lowest BCUT2D eigenvalue weighted by atomic mass is 9.85. The van der Waals surface area contributed by atoms with E-state index < -0.39 is 0 Å². The minimum Gasteiger partial charge on any atom is -0.496 e. The number of methoxy groups -OCH3 is 2. The average molecular weight is 409 g/mol. The first kappa shape index (κ1) is 19.2. The Bertz CT molecular complexity index is 905. The third-order valence-electron chi connectivity index (χ3n) is 6.99. The summed E-state index contributed by atoms with van der Waals surface area (Å²) in [5.41, 5.74) is 1.67. The number of ether oxygens (including phenoxy) is 2. The van der Waals surface area contributed by atoms with E-state index in [0.29, 0.717) is 11.3 Å². The van der Waals surface area contributed by atoms with Crippen LogP contribution in [-0.4, -0.2) is 50.3 Å². The minimum atomic E-state index is -0.248. The highest BCUT2D eigenvalue weighted by molar-refractivity contribution is 6.07. The number of hydrazone groups is 1. The molecule has 7 nitrogen and oxygen atoms in total. The molecule has 0 spiro atoms. The highest BCUT2D eigenvalue weighted by Gasteiger charge is 2.59. The molecular weight excluding hydrogens is 382 g/mol. The molecule has 2 heterocycles. The molecule has 7 heteroatoms. The van der Waals surface area contributed by atoms with Crippen molar-refractivity contribution in [3.05, 3.63) is 29.8 Å². The Morgan fingerprint density at radius 2 is 1.57 bits per heavy atom. The quantitative estimate of drug-likeness (QED) is 0.425. The van der Waals surface area contributed by atoms with Crippen LogP contribution in [0.4, 0.5) is 5.69 Å². The van der Waals surface area contributed by atoms with Gasteiger partial charge in [-0.15, -0.1) is 0 Å². The number of piperidine rings is 1. The third kappa shape index (κ3) is 2.90. The van der Waals surface area contributed by atoms with Crippen molar-refractivity contribution < 1.29 is 19.1 Å². The van der Waals surface area contributed by atoms with Crippen molar-refractivity contribution in [1.82, 2.24) is 5.01 Å². The number of carbonyl (C=O) groups is 2. The molecular formula is C23H27N3O4. The highest BCUT2D eigenvalue weighted by atomic mass is 16.5. The van der Waals surface area contributed by atoms with Gasteiger partial charge in [-0.2, -0.15) is 10.1 Å². The Morgan fingerprint density at radius 3 is 2.17 bits per heavy atom. The maximum atomic E-state index is 12.8. The van der Waals surface area contributed by atoms with Crippen LogP contribution in [0, 0.1) is 23.7 Å². The number of anilines is 1. The van der Waals surface area contributed by atoms with Crippen LogP contribution >= 0.6 is 0 Å². The summed E-state index contributed by atoms with van der Waals surface area (Å²) in [5.74, 6) is 0.858. The van der Waals surface area contributed by atoms with E-state index in [-0.39, 0.29) is 35.5 Å². The van der Waals surface area contributed by atoms with Gasteiger partial charge in [0, 0.05) is 24.7 Å². The van der Waals surface area contributed by atoms with Crippen molar-refractivity contribution in [2.24, 2.45) is 28.8 Å². The van der Waals surface area contributed by atoms with Gasteiger partial charge < -0.3 is 14.4 Å². The van der Waals surface area contributed by atoms with E-state index >= 15 is 0 Å². The van der Waals surface area contributed by atoms with E-state index in [0.717, 1.165) is 48.8 Å². The van der Waals surface area contributed by atoms with E-state index in [1.54, 1.807) is 14.2 Å². The normalized spacial score (nSPS) is 29.9.